The van der Waals surface area contributed by atoms with Crippen LogP contribution in [0.5, 0.6) is 11.5 Å². The summed E-state index contributed by atoms with van der Waals surface area (Å²) in [5.74, 6) is -5.83. The van der Waals surface area contributed by atoms with Gasteiger partial charge in [-0.25, -0.2) is 0 Å². The number of rotatable bonds is 2. The molecule has 0 heterocycles. The minimum Gasteiger partial charge on any atom is -0.872 e. The van der Waals surface area contributed by atoms with Crippen molar-refractivity contribution < 1.29 is 74.0 Å². The molecule has 0 aliphatic rings. The van der Waals surface area contributed by atoms with Crippen molar-refractivity contribution in [1.29, 1.82) is 0 Å². The molecular formula is C8H8Ni2O8+2. The molecule has 0 unspecified atom stereocenters. The van der Waals surface area contributed by atoms with Crippen LogP contribution < -0.4 is 20.4 Å². The van der Waals surface area contributed by atoms with E-state index in [1.54, 1.807) is 0 Å². The normalized spacial score (nSPS) is 7.56. The molecule has 0 amide bonds. The molecule has 0 aliphatic carbocycles. The molecule has 8 nitrogen and oxygen atoms in total. The van der Waals surface area contributed by atoms with E-state index in [4.69, 9.17) is 0 Å². The van der Waals surface area contributed by atoms with E-state index in [0.29, 0.717) is 12.1 Å². The zero-order valence-corrected chi connectivity index (χ0v) is 10.4. The van der Waals surface area contributed by atoms with Crippen molar-refractivity contribution in [3.05, 3.63) is 23.3 Å². The number of carbonyl (C=O) groups excluding carboxylic acids is 2. The first-order chi connectivity index (χ1) is 6.43. The molecule has 0 aromatic heterocycles. The summed E-state index contributed by atoms with van der Waals surface area (Å²) in [4.78, 5) is 20.5. The first-order valence-corrected chi connectivity index (χ1v) is 3.38. The SMILES string of the molecule is O=C([O-])c1cc([O-])c(C(=O)[O-])cc1[O-].[Ni+2].[Ni+2].[OH3+].[OH3+]. The van der Waals surface area contributed by atoms with Gasteiger partial charge in [-0.15, -0.1) is 0 Å². The van der Waals surface area contributed by atoms with E-state index < -0.39 is 34.6 Å². The summed E-state index contributed by atoms with van der Waals surface area (Å²) in [6.07, 6.45) is 0. The predicted octanol–water partition coefficient (Wildman–Crippen LogP) is -5.29. The summed E-state index contributed by atoms with van der Waals surface area (Å²) in [6, 6.07) is 0.811. The number of carbonyl (C=O) groups is 2. The van der Waals surface area contributed by atoms with Gasteiger partial charge in [-0.3, -0.25) is 0 Å². The molecule has 0 saturated heterocycles. The third kappa shape index (κ3) is 5.33. The second-order valence-corrected chi connectivity index (χ2v) is 2.42. The molecule has 0 bridgehead atoms. The molecule has 10 heteroatoms. The number of carboxylic acids is 2. The number of hydrogen-bond acceptors (Lipinski definition) is 6. The molecule has 1 rings (SSSR count). The van der Waals surface area contributed by atoms with Crippen LogP contribution in [0.4, 0.5) is 0 Å². The van der Waals surface area contributed by atoms with E-state index in [1.807, 2.05) is 0 Å². The second kappa shape index (κ2) is 9.67. The number of benzene rings is 1. The molecule has 1 aromatic carbocycles. The number of aromatic carboxylic acids is 2. The molecular weight excluding hydrogens is 341 g/mol. The van der Waals surface area contributed by atoms with Gasteiger partial charge in [0.2, 0.25) is 0 Å². The smallest absolute Gasteiger partial charge is 0.872 e. The molecule has 0 atom stereocenters. The summed E-state index contributed by atoms with van der Waals surface area (Å²) in [7, 11) is 0. The summed E-state index contributed by atoms with van der Waals surface area (Å²) >= 11 is 0. The van der Waals surface area contributed by atoms with Gasteiger partial charge in [-0.1, -0.05) is 23.6 Å². The molecule has 0 fully saturated rings. The van der Waals surface area contributed by atoms with Gasteiger partial charge in [-0.05, 0) is 11.1 Å². The molecule has 0 aliphatic heterocycles. The van der Waals surface area contributed by atoms with Crippen LogP contribution in [0.3, 0.4) is 0 Å². The summed E-state index contributed by atoms with van der Waals surface area (Å²) in [5, 5.41) is 42.3. The first kappa shape index (κ1) is 25.5. The Kier molecular flexibility index (Phi) is 13.7. The van der Waals surface area contributed by atoms with Crippen molar-refractivity contribution in [2.24, 2.45) is 0 Å². The van der Waals surface area contributed by atoms with Crippen LogP contribution in [0.25, 0.3) is 0 Å². The van der Waals surface area contributed by atoms with Crippen LogP contribution >= 0.6 is 0 Å². The molecule has 6 N–H and O–H groups in total. The van der Waals surface area contributed by atoms with E-state index in [9.17, 15) is 30.0 Å². The van der Waals surface area contributed by atoms with Crippen molar-refractivity contribution in [3.63, 3.8) is 0 Å². The third-order valence-electron chi connectivity index (χ3n) is 1.52. The fourth-order valence-electron chi connectivity index (χ4n) is 0.879. The number of hydrogen-bond donors (Lipinski definition) is 0. The van der Waals surface area contributed by atoms with Gasteiger partial charge < -0.3 is 41.0 Å². The van der Waals surface area contributed by atoms with Crippen LogP contribution in [-0.4, -0.2) is 11.9 Å². The molecule has 0 saturated carbocycles. The van der Waals surface area contributed by atoms with Gasteiger partial charge in [0.1, 0.15) is 0 Å². The Balaban J connectivity index is -0.000000245. The molecule has 1 aromatic rings. The van der Waals surface area contributed by atoms with Gasteiger partial charge in [0.05, 0.1) is 11.9 Å². The third-order valence-corrected chi connectivity index (χ3v) is 1.52. The van der Waals surface area contributed by atoms with Gasteiger partial charge in [0.15, 0.2) is 0 Å². The zero-order valence-electron chi connectivity index (χ0n) is 8.39. The van der Waals surface area contributed by atoms with E-state index in [2.05, 4.69) is 0 Å². The van der Waals surface area contributed by atoms with E-state index in [0.717, 1.165) is 0 Å². The topological polar surface area (TPSA) is 192 Å². The molecule has 106 valence electrons. The molecule has 0 spiro atoms. The molecule has 18 heavy (non-hydrogen) atoms. The van der Waals surface area contributed by atoms with E-state index in [-0.39, 0.29) is 43.9 Å². The minimum absolute atomic E-state index is 0. The van der Waals surface area contributed by atoms with Gasteiger partial charge in [0.25, 0.3) is 0 Å². The second-order valence-electron chi connectivity index (χ2n) is 2.42. The Morgan fingerprint density at radius 2 is 1.00 bits per heavy atom. The van der Waals surface area contributed by atoms with E-state index in [1.165, 1.54) is 0 Å². The Hall–Kier alpha value is -1.33. The summed E-state index contributed by atoms with van der Waals surface area (Å²) in [6.45, 7) is 0. The standard InChI is InChI=1S/C8H6O6.2Ni.2H2O/c9-5-1-3(7(11)12)6(10)2-4(5)8(13)14;;;;/h1-2,9-10H,(H,11,12)(H,13,14);;;2*1H2/q;2*+2;;/p-2. The van der Waals surface area contributed by atoms with Crippen LogP contribution in [0.2, 0.25) is 0 Å². The Labute approximate surface area is 121 Å². The Morgan fingerprint density at radius 1 is 0.778 bits per heavy atom. The van der Waals surface area contributed by atoms with Gasteiger partial charge >= 0.3 is 33.0 Å². The maximum Gasteiger partial charge on any atom is 2.00 e. The van der Waals surface area contributed by atoms with Crippen molar-refractivity contribution >= 4 is 11.9 Å². The van der Waals surface area contributed by atoms with Crippen LogP contribution in [0.1, 0.15) is 20.7 Å². The maximum atomic E-state index is 10.9. The fourth-order valence-corrected chi connectivity index (χ4v) is 0.879. The van der Waals surface area contributed by atoms with Crippen molar-refractivity contribution in [1.82, 2.24) is 0 Å². The number of carboxylic acid groups (broad SMARTS) is 2. The summed E-state index contributed by atoms with van der Waals surface area (Å²) < 4.78 is 0. The van der Waals surface area contributed by atoms with Crippen molar-refractivity contribution in [2.45, 2.75) is 0 Å². The van der Waals surface area contributed by atoms with Gasteiger partial charge in [-0.2, -0.15) is 0 Å². The summed E-state index contributed by atoms with van der Waals surface area (Å²) in [5.41, 5.74) is -1.72. The Morgan fingerprint density at radius 3 is 1.17 bits per heavy atom. The van der Waals surface area contributed by atoms with Crippen LogP contribution in [0.15, 0.2) is 12.1 Å². The first-order valence-electron chi connectivity index (χ1n) is 3.38. The van der Waals surface area contributed by atoms with Gasteiger partial charge in [0, 0.05) is 0 Å². The predicted molar refractivity (Wildman–Crippen MR) is 43.7 cm³/mol. The van der Waals surface area contributed by atoms with Crippen molar-refractivity contribution in [2.75, 3.05) is 0 Å². The Bertz CT molecular complexity index is 380. The van der Waals surface area contributed by atoms with Crippen molar-refractivity contribution in [3.8, 4) is 11.5 Å². The largest absolute Gasteiger partial charge is 2.00 e. The minimum atomic E-state index is -1.82. The average Bonchev–Trinajstić information content (AvgIpc) is 2.07. The van der Waals surface area contributed by atoms with Crippen LogP contribution in [-0.2, 0) is 43.9 Å². The van der Waals surface area contributed by atoms with Crippen LogP contribution in [0, 0.1) is 0 Å². The van der Waals surface area contributed by atoms with E-state index >= 15 is 0 Å². The zero-order chi connectivity index (χ0) is 10.9. The average molecular weight is 350 g/mol. The fraction of sp³-hybridized carbons (Fsp3) is 0. The maximum absolute atomic E-state index is 10.9. The molecule has 0 radical (unpaired) electrons. The quantitative estimate of drug-likeness (QED) is 0.378. The monoisotopic (exact) mass is 348 g/mol.